The van der Waals surface area contributed by atoms with Crippen molar-refractivity contribution in [2.24, 2.45) is 0 Å². The van der Waals surface area contributed by atoms with Gasteiger partial charge in [0, 0.05) is 12.4 Å². The Hall–Kier alpha value is -2.80. The minimum absolute atomic E-state index is 0.0682. The van der Waals surface area contributed by atoms with Crippen LogP contribution in [0.2, 0.25) is 0 Å². The van der Waals surface area contributed by atoms with Gasteiger partial charge in [0.25, 0.3) is 10.0 Å². The van der Waals surface area contributed by atoms with Crippen molar-refractivity contribution in [1.82, 2.24) is 0 Å². The van der Waals surface area contributed by atoms with Crippen molar-refractivity contribution in [1.29, 1.82) is 0 Å². The van der Waals surface area contributed by atoms with Gasteiger partial charge in [-0.15, -0.1) is 0 Å². The molecule has 0 atom stereocenters. The zero-order valence-electron chi connectivity index (χ0n) is 14.0. The molecule has 6 nitrogen and oxygen atoms in total. The fraction of sp³-hybridized carbons (Fsp3) is 0.167. The fourth-order valence-corrected chi connectivity index (χ4v) is 3.62. The summed E-state index contributed by atoms with van der Waals surface area (Å²) in [4.78, 5) is 12.4. The molecule has 0 N–H and O–H groups in total. The van der Waals surface area contributed by atoms with Crippen molar-refractivity contribution >= 4 is 26.7 Å². The van der Waals surface area contributed by atoms with Gasteiger partial charge in [0.15, 0.2) is 0 Å². The lowest BCUT2D eigenvalue weighted by Crippen LogP contribution is -2.30. The van der Waals surface area contributed by atoms with Gasteiger partial charge < -0.3 is 9.15 Å². The fourth-order valence-electron chi connectivity index (χ4n) is 2.43. The topological polar surface area (TPSA) is 76.8 Å². The lowest BCUT2D eigenvalue weighted by molar-refractivity contribution is 0.415. The summed E-state index contributed by atoms with van der Waals surface area (Å²) < 4.78 is 36.9. The minimum Gasteiger partial charge on any atom is -0.497 e. The highest BCUT2D eigenvalue weighted by atomic mass is 32.2. The van der Waals surface area contributed by atoms with E-state index in [0.717, 1.165) is 9.87 Å². The van der Waals surface area contributed by atoms with E-state index in [4.69, 9.17) is 9.15 Å². The molecule has 1 heterocycles. The molecule has 0 radical (unpaired) electrons. The summed E-state index contributed by atoms with van der Waals surface area (Å²) in [6, 6.07) is 12.8. The van der Waals surface area contributed by atoms with Crippen LogP contribution in [0.15, 0.2) is 62.6 Å². The van der Waals surface area contributed by atoms with Gasteiger partial charge in [-0.05, 0) is 43.3 Å². The highest BCUT2D eigenvalue weighted by molar-refractivity contribution is 7.92. The molecular formula is C18H17NO5S. The second-order valence-corrected chi connectivity index (χ2v) is 7.58. The Bertz CT molecular complexity index is 1080. The molecule has 7 heteroatoms. The van der Waals surface area contributed by atoms with Crippen LogP contribution in [0.4, 0.5) is 5.69 Å². The van der Waals surface area contributed by atoms with Crippen molar-refractivity contribution in [3.8, 4) is 5.75 Å². The molecule has 3 aromatic rings. The van der Waals surface area contributed by atoms with Crippen LogP contribution in [0, 0.1) is 6.92 Å². The third-order valence-corrected chi connectivity index (χ3v) is 5.73. The summed E-state index contributed by atoms with van der Waals surface area (Å²) >= 11 is 0. The Balaban J connectivity index is 2.12. The van der Waals surface area contributed by atoms with Crippen molar-refractivity contribution < 1.29 is 17.6 Å². The summed E-state index contributed by atoms with van der Waals surface area (Å²) in [5.74, 6) is 0.580. The molecule has 0 aliphatic rings. The number of hydrogen-bond acceptors (Lipinski definition) is 5. The van der Waals surface area contributed by atoms with Gasteiger partial charge in [0.1, 0.15) is 17.0 Å². The maximum absolute atomic E-state index is 12.8. The van der Waals surface area contributed by atoms with Crippen LogP contribution in [-0.4, -0.2) is 22.6 Å². The van der Waals surface area contributed by atoms with E-state index < -0.39 is 15.6 Å². The Kier molecular flexibility index (Phi) is 4.26. The number of hydrogen-bond donors (Lipinski definition) is 0. The van der Waals surface area contributed by atoms with Gasteiger partial charge in [0.05, 0.1) is 12.0 Å². The molecule has 0 fully saturated rings. The van der Waals surface area contributed by atoms with Crippen molar-refractivity contribution in [2.75, 3.05) is 18.5 Å². The Labute approximate surface area is 145 Å². The SMILES string of the molecule is COc1ccc2oc(=O)c(N(C)S(=O)(=O)c3ccc(C)cc3)cc2c1. The van der Waals surface area contributed by atoms with Crippen LogP contribution in [0.1, 0.15) is 5.56 Å². The van der Waals surface area contributed by atoms with Crippen LogP contribution >= 0.6 is 0 Å². The van der Waals surface area contributed by atoms with E-state index in [1.165, 1.54) is 32.4 Å². The molecule has 3 rings (SSSR count). The van der Waals surface area contributed by atoms with E-state index in [2.05, 4.69) is 0 Å². The maximum Gasteiger partial charge on any atom is 0.361 e. The molecule has 0 saturated heterocycles. The summed E-state index contributed by atoms with van der Waals surface area (Å²) in [6.45, 7) is 1.87. The average molecular weight is 359 g/mol. The number of methoxy groups -OCH3 is 1. The van der Waals surface area contributed by atoms with Gasteiger partial charge in [-0.1, -0.05) is 17.7 Å². The number of sulfonamides is 1. The first-order valence-corrected chi connectivity index (χ1v) is 8.94. The van der Waals surface area contributed by atoms with Gasteiger partial charge in [0.2, 0.25) is 0 Å². The zero-order chi connectivity index (χ0) is 18.2. The Morgan fingerprint density at radius 3 is 2.36 bits per heavy atom. The average Bonchev–Trinajstić information content (AvgIpc) is 2.60. The molecule has 25 heavy (non-hydrogen) atoms. The Morgan fingerprint density at radius 2 is 1.72 bits per heavy atom. The second kappa shape index (κ2) is 6.25. The largest absolute Gasteiger partial charge is 0.497 e. The molecule has 130 valence electrons. The van der Waals surface area contributed by atoms with Crippen LogP contribution < -0.4 is 14.7 Å². The second-order valence-electron chi connectivity index (χ2n) is 5.61. The predicted octanol–water partition coefficient (Wildman–Crippen LogP) is 2.94. The standard InChI is InChI=1S/C18H17NO5S/c1-12-4-7-15(8-5-12)25(21,22)19(2)16-11-13-10-14(23-3)6-9-17(13)24-18(16)20/h4-11H,1-3H3. The number of benzene rings is 2. The molecule has 2 aromatic carbocycles. The first-order chi connectivity index (χ1) is 11.8. The maximum atomic E-state index is 12.8. The smallest absolute Gasteiger partial charge is 0.361 e. The summed E-state index contributed by atoms with van der Waals surface area (Å²) in [5, 5.41) is 0.569. The lowest BCUT2D eigenvalue weighted by atomic mass is 10.2. The normalized spacial score (nSPS) is 11.5. The number of fused-ring (bicyclic) bond motifs is 1. The van der Waals surface area contributed by atoms with Crippen LogP contribution in [-0.2, 0) is 10.0 Å². The molecule has 0 saturated carbocycles. The molecule has 0 unspecified atom stereocenters. The van der Waals surface area contributed by atoms with Crippen LogP contribution in [0.5, 0.6) is 5.75 Å². The molecule has 1 aromatic heterocycles. The molecule has 0 bridgehead atoms. The predicted molar refractivity (Wildman–Crippen MR) is 95.8 cm³/mol. The highest BCUT2D eigenvalue weighted by Gasteiger charge is 2.24. The van der Waals surface area contributed by atoms with Gasteiger partial charge in [-0.2, -0.15) is 0 Å². The van der Waals surface area contributed by atoms with Gasteiger partial charge >= 0.3 is 5.63 Å². The van der Waals surface area contributed by atoms with E-state index in [1.807, 2.05) is 6.92 Å². The first kappa shape index (κ1) is 17.0. The van der Waals surface area contributed by atoms with E-state index in [-0.39, 0.29) is 10.6 Å². The monoisotopic (exact) mass is 359 g/mol. The summed E-state index contributed by atoms with van der Waals surface area (Å²) in [5.41, 5.74) is 0.506. The first-order valence-electron chi connectivity index (χ1n) is 7.50. The minimum atomic E-state index is -3.87. The van der Waals surface area contributed by atoms with Gasteiger partial charge in [-0.3, -0.25) is 4.31 Å². The third kappa shape index (κ3) is 3.10. The molecule has 0 spiro atoms. The van der Waals surface area contributed by atoms with Crippen LogP contribution in [0.3, 0.4) is 0 Å². The number of anilines is 1. The quantitative estimate of drug-likeness (QED) is 0.670. The van der Waals surface area contributed by atoms with E-state index in [0.29, 0.717) is 16.7 Å². The number of nitrogens with zero attached hydrogens (tertiary/aromatic N) is 1. The van der Waals surface area contributed by atoms with Crippen molar-refractivity contribution in [3.05, 3.63) is 64.5 Å². The zero-order valence-corrected chi connectivity index (χ0v) is 14.8. The van der Waals surface area contributed by atoms with E-state index in [9.17, 15) is 13.2 Å². The van der Waals surface area contributed by atoms with E-state index in [1.54, 1.807) is 30.3 Å². The number of ether oxygens (including phenoxy) is 1. The van der Waals surface area contributed by atoms with E-state index >= 15 is 0 Å². The van der Waals surface area contributed by atoms with Crippen LogP contribution in [0.25, 0.3) is 11.0 Å². The molecule has 0 amide bonds. The van der Waals surface area contributed by atoms with Crippen molar-refractivity contribution in [2.45, 2.75) is 11.8 Å². The number of aryl methyl sites for hydroxylation is 1. The lowest BCUT2D eigenvalue weighted by Gasteiger charge is -2.18. The number of rotatable bonds is 4. The highest BCUT2D eigenvalue weighted by Crippen LogP contribution is 2.25. The Morgan fingerprint density at radius 1 is 1.04 bits per heavy atom. The van der Waals surface area contributed by atoms with Gasteiger partial charge in [-0.25, -0.2) is 13.2 Å². The summed E-state index contributed by atoms with van der Waals surface area (Å²) in [6.07, 6.45) is 0. The molecule has 0 aliphatic heterocycles. The summed E-state index contributed by atoms with van der Waals surface area (Å²) in [7, 11) is -1.02. The molecule has 0 aliphatic carbocycles. The van der Waals surface area contributed by atoms with Crippen molar-refractivity contribution in [3.63, 3.8) is 0 Å². The third-order valence-electron chi connectivity index (χ3n) is 3.94. The molecular weight excluding hydrogens is 342 g/mol.